The lowest BCUT2D eigenvalue weighted by Crippen LogP contribution is -2.51. The first-order valence-corrected chi connectivity index (χ1v) is 10.4. The van der Waals surface area contributed by atoms with E-state index in [2.05, 4.69) is 15.2 Å². The number of carbonyl (C=O) groups excluding carboxylic acids is 2. The van der Waals surface area contributed by atoms with Crippen molar-refractivity contribution in [3.8, 4) is 0 Å². The highest BCUT2D eigenvalue weighted by atomic mass is 16.5. The van der Waals surface area contributed by atoms with Gasteiger partial charge in [0.1, 0.15) is 0 Å². The molecule has 0 spiro atoms. The second kappa shape index (κ2) is 10.6. The molecular formula is C20H33N5O3. The normalized spacial score (nSPS) is 21.6. The van der Waals surface area contributed by atoms with Crippen molar-refractivity contribution in [1.29, 1.82) is 0 Å². The Morgan fingerprint density at radius 2 is 2.04 bits per heavy atom. The van der Waals surface area contributed by atoms with Crippen LogP contribution in [0.15, 0.2) is 18.7 Å². The summed E-state index contributed by atoms with van der Waals surface area (Å²) < 4.78 is 6.94. The maximum Gasteiger partial charge on any atom is 0.224 e. The number of carbonyl (C=O) groups is 2. The van der Waals surface area contributed by atoms with Gasteiger partial charge in [0.05, 0.1) is 18.9 Å². The van der Waals surface area contributed by atoms with Gasteiger partial charge in [-0.3, -0.25) is 14.5 Å². The van der Waals surface area contributed by atoms with E-state index in [1.807, 2.05) is 15.7 Å². The highest BCUT2D eigenvalue weighted by Crippen LogP contribution is 2.24. The summed E-state index contributed by atoms with van der Waals surface area (Å²) in [6, 6.07) is 0.479. The van der Waals surface area contributed by atoms with Crippen LogP contribution in [0.4, 0.5) is 0 Å². The Kier molecular flexibility index (Phi) is 7.85. The zero-order chi connectivity index (χ0) is 19.8. The van der Waals surface area contributed by atoms with E-state index < -0.39 is 0 Å². The van der Waals surface area contributed by atoms with Gasteiger partial charge in [-0.25, -0.2) is 4.98 Å². The van der Waals surface area contributed by atoms with Gasteiger partial charge in [-0.15, -0.1) is 0 Å². The van der Waals surface area contributed by atoms with Gasteiger partial charge >= 0.3 is 0 Å². The van der Waals surface area contributed by atoms with E-state index in [1.165, 1.54) is 0 Å². The number of aryl methyl sites for hydroxylation is 1. The van der Waals surface area contributed by atoms with Gasteiger partial charge in [-0.1, -0.05) is 0 Å². The molecule has 3 rings (SSSR count). The van der Waals surface area contributed by atoms with Crippen molar-refractivity contribution in [2.75, 3.05) is 46.4 Å². The van der Waals surface area contributed by atoms with Crippen LogP contribution < -0.4 is 5.32 Å². The number of hydrogen-bond acceptors (Lipinski definition) is 5. The third kappa shape index (κ3) is 5.78. The van der Waals surface area contributed by atoms with Crippen LogP contribution in [-0.4, -0.2) is 83.6 Å². The number of likely N-dealkylation sites (tertiary alicyclic amines) is 2. The molecule has 0 bridgehead atoms. The number of hydrogen-bond donors (Lipinski definition) is 1. The third-order valence-electron chi connectivity index (χ3n) is 5.91. The molecule has 1 aromatic heterocycles. The fourth-order valence-electron chi connectivity index (χ4n) is 4.25. The lowest BCUT2D eigenvalue weighted by atomic mass is 9.93. The van der Waals surface area contributed by atoms with Crippen molar-refractivity contribution in [3.63, 3.8) is 0 Å². The van der Waals surface area contributed by atoms with Crippen molar-refractivity contribution in [2.24, 2.45) is 5.92 Å². The van der Waals surface area contributed by atoms with Gasteiger partial charge in [0.25, 0.3) is 0 Å². The largest absolute Gasteiger partial charge is 0.383 e. The maximum absolute atomic E-state index is 12.5. The molecule has 0 radical (unpaired) electrons. The Morgan fingerprint density at radius 1 is 1.21 bits per heavy atom. The molecule has 1 atom stereocenters. The molecule has 0 aliphatic carbocycles. The van der Waals surface area contributed by atoms with Crippen LogP contribution in [0.25, 0.3) is 0 Å². The molecule has 156 valence electrons. The van der Waals surface area contributed by atoms with Gasteiger partial charge in [0, 0.05) is 64.7 Å². The smallest absolute Gasteiger partial charge is 0.224 e. The molecule has 2 aliphatic heterocycles. The van der Waals surface area contributed by atoms with Crippen LogP contribution in [0.5, 0.6) is 0 Å². The molecule has 2 amide bonds. The van der Waals surface area contributed by atoms with E-state index in [1.54, 1.807) is 19.6 Å². The third-order valence-corrected chi connectivity index (χ3v) is 5.91. The number of nitrogens with zero attached hydrogens (tertiary/aromatic N) is 4. The molecule has 0 saturated carbocycles. The van der Waals surface area contributed by atoms with Gasteiger partial charge in [0.2, 0.25) is 11.8 Å². The van der Waals surface area contributed by atoms with Crippen LogP contribution in [0.2, 0.25) is 0 Å². The van der Waals surface area contributed by atoms with E-state index in [0.717, 1.165) is 51.9 Å². The standard InChI is InChI=1S/C20H33N5O3/c1-28-14-8-22-20(27)17-3-2-9-25(15-17)18-4-11-24(12-5-18)19(26)6-10-23-13-7-21-16-23/h7,13,16-18H,2-6,8-12,14-15H2,1H3,(H,22,27). The Labute approximate surface area is 167 Å². The number of methoxy groups -OCH3 is 1. The summed E-state index contributed by atoms with van der Waals surface area (Å²) in [5.41, 5.74) is 0. The van der Waals surface area contributed by atoms with Gasteiger partial charge in [-0.2, -0.15) is 0 Å². The quantitative estimate of drug-likeness (QED) is 0.661. The Balaban J connectivity index is 1.40. The minimum absolute atomic E-state index is 0.0699. The summed E-state index contributed by atoms with van der Waals surface area (Å²) >= 11 is 0. The van der Waals surface area contributed by atoms with Crippen molar-refractivity contribution < 1.29 is 14.3 Å². The number of nitrogens with one attached hydrogen (secondary N) is 1. The SMILES string of the molecule is COCCNC(=O)C1CCCN(C2CCN(C(=O)CCn3ccnc3)CC2)C1. The van der Waals surface area contributed by atoms with Gasteiger partial charge in [-0.05, 0) is 32.2 Å². The van der Waals surface area contributed by atoms with E-state index in [9.17, 15) is 9.59 Å². The van der Waals surface area contributed by atoms with Crippen LogP contribution in [-0.2, 0) is 20.9 Å². The Hall–Kier alpha value is -1.93. The molecule has 8 nitrogen and oxygen atoms in total. The molecule has 8 heteroatoms. The number of imidazole rings is 1. The number of rotatable bonds is 8. The van der Waals surface area contributed by atoms with E-state index in [-0.39, 0.29) is 17.7 Å². The van der Waals surface area contributed by atoms with E-state index in [4.69, 9.17) is 4.74 Å². The average Bonchev–Trinajstić information content (AvgIpc) is 3.26. The topological polar surface area (TPSA) is 79.7 Å². The fraction of sp³-hybridized carbons (Fsp3) is 0.750. The maximum atomic E-state index is 12.5. The highest BCUT2D eigenvalue weighted by molar-refractivity contribution is 5.79. The summed E-state index contributed by atoms with van der Waals surface area (Å²) in [7, 11) is 1.64. The lowest BCUT2D eigenvalue weighted by molar-refractivity contribution is -0.133. The van der Waals surface area contributed by atoms with Crippen molar-refractivity contribution in [2.45, 2.75) is 44.7 Å². The van der Waals surface area contributed by atoms with Crippen LogP contribution >= 0.6 is 0 Å². The Bertz CT molecular complexity index is 613. The molecule has 1 N–H and O–H groups in total. The molecule has 1 aromatic rings. The molecule has 2 aliphatic rings. The zero-order valence-corrected chi connectivity index (χ0v) is 16.9. The van der Waals surface area contributed by atoms with E-state index >= 15 is 0 Å². The number of ether oxygens (including phenoxy) is 1. The van der Waals surface area contributed by atoms with Gasteiger partial charge in [0.15, 0.2) is 0 Å². The summed E-state index contributed by atoms with van der Waals surface area (Å²) in [6.45, 7) is 5.33. The monoisotopic (exact) mass is 391 g/mol. The number of aromatic nitrogens is 2. The molecule has 1 unspecified atom stereocenters. The molecule has 2 saturated heterocycles. The minimum atomic E-state index is 0.0699. The predicted molar refractivity (Wildman–Crippen MR) is 106 cm³/mol. The minimum Gasteiger partial charge on any atom is -0.383 e. The molecule has 3 heterocycles. The first-order chi connectivity index (χ1) is 13.7. The second-order valence-electron chi connectivity index (χ2n) is 7.78. The predicted octanol–water partition coefficient (Wildman–Crippen LogP) is 0.739. The van der Waals surface area contributed by atoms with Crippen molar-refractivity contribution >= 4 is 11.8 Å². The summed E-state index contributed by atoms with van der Waals surface area (Å²) in [6.07, 6.45) is 9.90. The molecule has 28 heavy (non-hydrogen) atoms. The molecule has 0 aromatic carbocycles. The number of amides is 2. The second-order valence-corrected chi connectivity index (χ2v) is 7.78. The fourth-order valence-corrected chi connectivity index (χ4v) is 4.25. The lowest BCUT2D eigenvalue weighted by Gasteiger charge is -2.42. The van der Waals surface area contributed by atoms with Crippen LogP contribution in [0.1, 0.15) is 32.1 Å². The van der Waals surface area contributed by atoms with Crippen LogP contribution in [0.3, 0.4) is 0 Å². The molecule has 2 fully saturated rings. The summed E-state index contributed by atoms with van der Waals surface area (Å²) in [5, 5.41) is 2.97. The average molecular weight is 392 g/mol. The summed E-state index contributed by atoms with van der Waals surface area (Å²) in [5.74, 6) is 0.440. The number of piperidine rings is 2. The first kappa shape index (κ1) is 20.8. The Morgan fingerprint density at radius 3 is 2.75 bits per heavy atom. The van der Waals surface area contributed by atoms with Crippen molar-refractivity contribution in [3.05, 3.63) is 18.7 Å². The van der Waals surface area contributed by atoms with E-state index in [0.29, 0.717) is 32.2 Å². The highest BCUT2D eigenvalue weighted by Gasteiger charge is 2.32. The van der Waals surface area contributed by atoms with Crippen molar-refractivity contribution in [1.82, 2.24) is 24.7 Å². The van der Waals surface area contributed by atoms with Gasteiger partial charge < -0.3 is 19.5 Å². The summed E-state index contributed by atoms with van der Waals surface area (Å²) in [4.78, 5) is 33.3. The first-order valence-electron chi connectivity index (χ1n) is 10.4. The molecular weight excluding hydrogens is 358 g/mol. The van der Waals surface area contributed by atoms with Crippen LogP contribution in [0, 0.1) is 5.92 Å². The zero-order valence-electron chi connectivity index (χ0n) is 16.9.